The van der Waals surface area contributed by atoms with E-state index in [0.717, 1.165) is 5.56 Å². The van der Waals surface area contributed by atoms with Crippen LogP contribution in [0.3, 0.4) is 0 Å². The molecular weight excluding hydrogens is 285 g/mol. The largest absolute Gasteiger partial charge is 0.388 e. The number of β-amino-alcohol motifs (C(OH)–C–C–N with tert-alkyl or cyclic N) is 1. The first-order chi connectivity index (χ1) is 8.85. The standard InChI is InChI=1S/C14H15Cl2NO2/c1-14(19)4-5-17(9-14)13(18)3-2-10-6-11(15)8-12(16)7-10/h2-3,6-8,19H,4-5,9H2,1H3/b3-2+. The second kappa shape index (κ2) is 5.53. The van der Waals surface area contributed by atoms with Gasteiger partial charge >= 0.3 is 0 Å². The summed E-state index contributed by atoms with van der Waals surface area (Å²) < 4.78 is 0. The van der Waals surface area contributed by atoms with Gasteiger partial charge in [-0.05, 0) is 43.2 Å². The Kier molecular flexibility index (Phi) is 4.19. The fourth-order valence-corrected chi connectivity index (χ4v) is 2.62. The number of amides is 1. The highest BCUT2D eigenvalue weighted by Crippen LogP contribution is 2.22. The summed E-state index contributed by atoms with van der Waals surface area (Å²) >= 11 is 11.8. The van der Waals surface area contributed by atoms with Crippen LogP contribution in [-0.2, 0) is 4.79 Å². The Hall–Kier alpha value is -1.03. The first-order valence-electron chi connectivity index (χ1n) is 6.01. The minimum atomic E-state index is -0.775. The Morgan fingerprint density at radius 2 is 2.00 bits per heavy atom. The van der Waals surface area contributed by atoms with Crippen LogP contribution in [0.5, 0.6) is 0 Å². The van der Waals surface area contributed by atoms with Crippen molar-refractivity contribution in [2.75, 3.05) is 13.1 Å². The van der Waals surface area contributed by atoms with E-state index in [1.165, 1.54) is 6.08 Å². The molecule has 1 N–H and O–H groups in total. The predicted molar refractivity (Wildman–Crippen MR) is 77.3 cm³/mol. The summed E-state index contributed by atoms with van der Waals surface area (Å²) in [6, 6.07) is 5.11. The molecule has 1 heterocycles. The molecule has 19 heavy (non-hydrogen) atoms. The Bertz CT molecular complexity index is 506. The number of aliphatic hydroxyl groups is 1. The van der Waals surface area contributed by atoms with Crippen molar-refractivity contribution in [2.24, 2.45) is 0 Å². The van der Waals surface area contributed by atoms with Gasteiger partial charge in [-0.3, -0.25) is 4.79 Å². The van der Waals surface area contributed by atoms with E-state index in [0.29, 0.717) is 29.6 Å². The fraction of sp³-hybridized carbons (Fsp3) is 0.357. The molecule has 1 aromatic carbocycles. The monoisotopic (exact) mass is 299 g/mol. The van der Waals surface area contributed by atoms with Gasteiger partial charge in [-0.1, -0.05) is 23.2 Å². The van der Waals surface area contributed by atoms with Crippen molar-refractivity contribution in [1.29, 1.82) is 0 Å². The van der Waals surface area contributed by atoms with E-state index in [1.54, 1.807) is 36.1 Å². The lowest BCUT2D eigenvalue weighted by atomic mass is 10.1. The molecule has 1 aromatic rings. The molecule has 0 aliphatic carbocycles. The molecule has 0 saturated carbocycles. The summed E-state index contributed by atoms with van der Waals surface area (Å²) in [5.41, 5.74) is -0.000116. The maximum atomic E-state index is 11.9. The highest BCUT2D eigenvalue weighted by atomic mass is 35.5. The van der Waals surface area contributed by atoms with Crippen LogP contribution in [-0.4, -0.2) is 34.6 Å². The Morgan fingerprint density at radius 1 is 1.37 bits per heavy atom. The molecule has 1 atom stereocenters. The van der Waals surface area contributed by atoms with Gasteiger partial charge in [0.2, 0.25) is 5.91 Å². The van der Waals surface area contributed by atoms with E-state index in [-0.39, 0.29) is 5.91 Å². The van der Waals surface area contributed by atoms with E-state index < -0.39 is 5.60 Å². The normalized spacial score (nSPS) is 23.3. The summed E-state index contributed by atoms with van der Waals surface area (Å²) in [6.07, 6.45) is 3.76. The fourth-order valence-electron chi connectivity index (χ4n) is 2.08. The highest BCUT2D eigenvalue weighted by molar-refractivity contribution is 6.34. The van der Waals surface area contributed by atoms with Crippen LogP contribution in [0.2, 0.25) is 10.0 Å². The van der Waals surface area contributed by atoms with Crippen molar-refractivity contribution in [1.82, 2.24) is 4.90 Å². The molecule has 1 amide bonds. The average Bonchev–Trinajstić information content (AvgIpc) is 2.65. The van der Waals surface area contributed by atoms with Gasteiger partial charge < -0.3 is 10.0 Å². The molecule has 2 rings (SSSR count). The van der Waals surface area contributed by atoms with Crippen molar-refractivity contribution < 1.29 is 9.90 Å². The number of halogens is 2. The molecule has 1 fully saturated rings. The van der Waals surface area contributed by atoms with Crippen LogP contribution >= 0.6 is 23.2 Å². The number of hydrogen-bond acceptors (Lipinski definition) is 2. The number of likely N-dealkylation sites (tertiary alicyclic amines) is 1. The second-order valence-corrected chi connectivity index (χ2v) is 5.92. The molecule has 3 nitrogen and oxygen atoms in total. The molecular formula is C14H15Cl2NO2. The minimum absolute atomic E-state index is 0.117. The molecule has 1 saturated heterocycles. The van der Waals surface area contributed by atoms with Crippen LogP contribution in [0.25, 0.3) is 6.08 Å². The third kappa shape index (κ3) is 3.96. The summed E-state index contributed by atoms with van der Waals surface area (Å²) in [6.45, 7) is 2.68. The predicted octanol–water partition coefficient (Wildman–Crippen LogP) is 2.99. The van der Waals surface area contributed by atoms with Crippen molar-refractivity contribution in [3.05, 3.63) is 39.9 Å². The van der Waals surface area contributed by atoms with E-state index in [9.17, 15) is 9.90 Å². The maximum absolute atomic E-state index is 11.9. The van der Waals surface area contributed by atoms with Gasteiger partial charge in [-0.15, -0.1) is 0 Å². The van der Waals surface area contributed by atoms with Gasteiger partial charge in [0.1, 0.15) is 0 Å². The SMILES string of the molecule is CC1(O)CCN(C(=O)/C=C/c2cc(Cl)cc(Cl)c2)C1. The van der Waals surface area contributed by atoms with Gasteiger partial charge in [0.05, 0.1) is 5.60 Å². The van der Waals surface area contributed by atoms with Gasteiger partial charge in [-0.2, -0.15) is 0 Å². The van der Waals surface area contributed by atoms with E-state index >= 15 is 0 Å². The minimum Gasteiger partial charge on any atom is -0.388 e. The van der Waals surface area contributed by atoms with E-state index in [4.69, 9.17) is 23.2 Å². The topological polar surface area (TPSA) is 40.5 Å². The Morgan fingerprint density at radius 3 is 2.53 bits per heavy atom. The van der Waals surface area contributed by atoms with Gasteiger partial charge in [0.15, 0.2) is 0 Å². The number of hydrogen-bond donors (Lipinski definition) is 1. The molecule has 0 aromatic heterocycles. The van der Waals surface area contributed by atoms with Crippen LogP contribution < -0.4 is 0 Å². The molecule has 1 aliphatic rings. The summed E-state index contributed by atoms with van der Waals surface area (Å²) in [7, 11) is 0. The Balaban J connectivity index is 2.04. The van der Waals surface area contributed by atoms with Gasteiger partial charge in [-0.25, -0.2) is 0 Å². The highest BCUT2D eigenvalue weighted by Gasteiger charge is 2.32. The third-order valence-corrected chi connectivity index (χ3v) is 3.50. The van der Waals surface area contributed by atoms with Crippen molar-refractivity contribution in [3.8, 4) is 0 Å². The summed E-state index contributed by atoms with van der Waals surface area (Å²) in [5, 5.41) is 10.9. The zero-order valence-electron chi connectivity index (χ0n) is 10.6. The quantitative estimate of drug-likeness (QED) is 0.853. The molecule has 1 aliphatic heterocycles. The average molecular weight is 300 g/mol. The molecule has 0 bridgehead atoms. The number of benzene rings is 1. The molecule has 0 radical (unpaired) electrons. The molecule has 102 valence electrons. The molecule has 0 spiro atoms. The zero-order valence-corrected chi connectivity index (χ0v) is 12.1. The van der Waals surface area contributed by atoms with E-state index in [1.807, 2.05) is 0 Å². The van der Waals surface area contributed by atoms with Crippen LogP contribution in [0.15, 0.2) is 24.3 Å². The van der Waals surface area contributed by atoms with Crippen molar-refractivity contribution >= 4 is 35.2 Å². The lowest BCUT2D eigenvalue weighted by Gasteiger charge is -2.17. The summed E-state index contributed by atoms with van der Waals surface area (Å²) in [5.74, 6) is -0.117. The third-order valence-electron chi connectivity index (χ3n) is 3.07. The van der Waals surface area contributed by atoms with E-state index in [2.05, 4.69) is 0 Å². The second-order valence-electron chi connectivity index (χ2n) is 5.04. The zero-order chi connectivity index (χ0) is 14.0. The van der Waals surface area contributed by atoms with Gasteiger partial charge in [0, 0.05) is 29.2 Å². The first kappa shape index (κ1) is 14.4. The summed E-state index contributed by atoms with van der Waals surface area (Å²) in [4.78, 5) is 13.6. The lowest BCUT2D eigenvalue weighted by molar-refractivity contribution is -0.125. The maximum Gasteiger partial charge on any atom is 0.246 e. The molecule has 1 unspecified atom stereocenters. The number of nitrogens with zero attached hydrogens (tertiary/aromatic N) is 1. The number of rotatable bonds is 2. The first-order valence-corrected chi connectivity index (χ1v) is 6.77. The smallest absolute Gasteiger partial charge is 0.246 e. The van der Waals surface area contributed by atoms with Gasteiger partial charge in [0.25, 0.3) is 0 Å². The van der Waals surface area contributed by atoms with Crippen LogP contribution in [0, 0.1) is 0 Å². The van der Waals surface area contributed by atoms with Crippen molar-refractivity contribution in [3.63, 3.8) is 0 Å². The Labute approximate surface area is 122 Å². The molecule has 5 heteroatoms. The van der Waals surface area contributed by atoms with Crippen LogP contribution in [0.4, 0.5) is 0 Å². The number of carbonyl (C=O) groups is 1. The lowest BCUT2D eigenvalue weighted by Crippen LogP contribution is -2.32. The number of carbonyl (C=O) groups excluding carboxylic acids is 1. The van der Waals surface area contributed by atoms with Crippen LogP contribution in [0.1, 0.15) is 18.9 Å². The van der Waals surface area contributed by atoms with Crippen molar-refractivity contribution in [2.45, 2.75) is 18.9 Å².